The molecule has 2 aromatic heterocycles. The number of hydrogen-bond acceptors (Lipinski definition) is 6. The molecule has 3 rings (SSSR count). The predicted octanol–water partition coefficient (Wildman–Crippen LogP) is 2.57. The van der Waals surface area contributed by atoms with E-state index in [1.165, 1.54) is 6.33 Å². The molecule has 0 fully saturated rings. The second-order valence-corrected chi connectivity index (χ2v) is 5.10. The first-order valence-electron chi connectivity index (χ1n) is 7.58. The molecule has 0 atom stereocenters. The SMILES string of the molecule is COCCOCc1ccc(Nc2cc(-n3ccnc3)ncn2)cc1. The molecule has 2 heterocycles. The van der Waals surface area contributed by atoms with Gasteiger partial charge in [-0.25, -0.2) is 15.0 Å². The third-order valence-electron chi connectivity index (χ3n) is 3.35. The molecule has 0 amide bonds. The van der Waals surface area contributed by atoms with Crippen molar-refractivity contribution in [1.29, 1.82) is 0 Å². The van der Waals surface area contributed by atoms with Crippen LogP contribution in [0.15, 0.2) is 55.4 Å². The average Bonchev–Trinajstić information content (AvgIpc) is 3.15. The number of rotatable bonds is 8. The van der Waals surface area contributed by atoms with Crippen LogP contribution in [0.3, 0.4) is 0 Å². The smallest absolute Gasteiger partial charge is 0.143 e. The molecule has 3 aromatic rings. The number of nitrogens with one attached hydrogen (secondary N) is 1. The molecule has 7 nitrogen and oxygen atoms in total. The van der Waals surface area contributed by atoms with E-state index in [1.807, 2.05) is 41.1 Å². The van der Waals surface area contributed by atoms with Gasteiger partial charge in [-0.1, -0.05) is 12.1 Å². The fourth-order valence-corrected chi connectivity index (χ4v) is 2.12. The third-order valence-corrected chi connectivity index (χ3v) is 3.35. The number of aromatic nitrogens is 4. The Morgan fingerprint density at radius 1 is 1.12 bits per heavy atom. The number of ether oxygens (including phenoxy) is 2. The van der Waals surface area contributed by atoms with Crippen molar-refractivity contribution in [2.24, 2.45) is 0 Å². The van der Waals surface area contributed by atoms with E-state index in [2.05, 4.69) is 20.3 Å². The van der Waals surface area contributed by atoms with Gasteiger partial charge in [-0.2, -0.15) is 0 Å². The number of nitrogens with zero attached hydrogens (tertiary/aromatic N) is 4. The van der Waals surface area contributed by atoms with Crippen molar-refractivity contribution in [3.63, 3.8) is 0 Å². The summed E-state index contributed by atoms with van der Waals surface area (Å²) in [5.74, 6) is 1.48. The van der Waals surface area contributed by atoms with Crippen molar-refractivity contribution in [2.45, 2.75) is 6.61 Å². The minimum Gasteiger partial charge on any atom is -0.382 e. The maximum absolute atomic E-state index is 5.50. The Kier molecular flexibility index (Phi) is 5.49. The number of methoxy groups -OCH3 is 1. The van der Waals surface area contributed by atoms with Crippen LogP contribution >= 0.6 is 0 Å². The monoisotopic (exact) mass is 325 g/mol. The second kappa shape index (κ2) is 8.19. The van der Waals surface area contributed by atoms with Gasteiger partial charge in [-0.3, -0.25) is 4.57 Å². The lowest BCUT2D eigenvalue weighted by molar-refractivity contribution is 0.0617. The molecule has 0 aliphatic carbocycles. The molecular formula is C17H19N5O2. The Morgan fingerprint density at radius 3 is 2.75 bits per heavy atom. The van der Waals surface area contributed by atoms with E-state index in [-0.39, 0.29) is 0 Å². The van der Waals surface area contributed by atoms with Crippen LogP contribution in [0.1, 0.15) is 5.56 Å². The van der Waals surface area contributed by atoms with E-state index in [9.17, 15) is 0 Å². The first-order valence-corrected chi connectivity index (χ1v) is 7.58. The van der Waals surface area contributed by atoms with Crippen LogP contribution in [0.2, 0.25) is 0 Å². The van der Waals surface area contributed by atoms with Crippen LogP contribution in [0, 0.1) is 0 Å². The van der Waals surface area contributed by atoms with E-state index >= 15 is 0 Å². The fraction of sp³-hybridized carbons (Fsp3) is 0.235. The second-order valence-electron chi connectivity index (χ2n) is 5.10. The van der Waals surface area contributed by atoms with Gasteiger partial charge in [0.15, 0.2) is 0 Å². The van der Waals surface area contributed by atoms with E-state index in [0.29, 0.717) is 19.8 Å². The summed E-state index contributed by atoms with van der Waals surface area (Å²) in [6.45, 7) is 1.77. The molecule has 0 aliphatic heterocycles. The zero-order valence-corrected chi connectivity index (χ0v) is 13.4. The minimum atomic E-state index is 0.571. The van der Waals surface area contributed by atoms with Crippen molar-refractivity contribution >= 4 is 11.5 Å². The van der Waals surface area contributed by atoms with Gasteiger partial charge in [0.05, 0.1) is 19.8 Å². The number of benzene rings is 1. The molecule has 7 heteroatoms. The lowest BCUT2D eigenvalue weighted by atomic mass is 10.2. The van der Waals surface area contributed by atoms with Crippen LogP contribution in [-0.2, 0) is 16.1 Å². The van der Waals surface area contributed by atoms with E-state index in [4.69, 9.17) is 9.47 Å². The van der Waals surface area contributed by atoms with Crippen molar-refractivity contribution in [2.75, 3.05) is 25.6 Å². The van der Waals surface area contributed by atoms with Crippen molar-refractivity contribution in [3.8, 4) is 5.82 Å². The van der Waals surface area contributed by atoms with Crippen LogP contribution in [0.5, 0.6) is 0 Å². The Balaban J connectivity index is 1.61. The van der Waals surface area contributed by atoms with Crippen molar-refractivity contribution in [3.05, 3.63) is 60.9 Å². The van der Waals surface area contributed by atoms with Crippen LogP contribution < -0.4 is 5.32 Å². The minimum absolute atomic E-state index is 0.571. The van der Waals surface area contributed by atoms with Gasteiger partial charge in [-0.15, -0.1) is 0 Å². The van der Waals surface area contributed by atoms with Gasteiger partial charge in [0.1, 0.15) is 24.3 Å². The summed E-state index contributed by atoms with van der Waals surface area (Å²) >= 11 is 0. The molecular weight excluding hydrogens is 306 g/mol. The lowest BCUT2D eigenvalue weighted by Crippen LogP contribution is -2.02. The van der Waals surface area contributed by atoms with Gasteiger partial charge in [-0.05, 0) is 17.7 Å². The summed E-state index contributed by atoms with van der Waals surface area (Å²) in [6.07, 6.45) is 6.77. The molecule has 0 unspecified atom stereocenters. The van der Waals surface area contributed by atoms with Gasteiger partial charge in [0.25, 0.3) is 0 Å². The Morgan fingerprint density at radius 2 is 2.00 bits per heavy atom. The molecule has 124 valence electrons. The normalized spacial score (nSPS) is 10.7. The number of imidazole rings is 1. The standard InChI is InChI=1S/C17H19N5O2/c1-23-8-9-24-11-14-2-4-15(5-3-14)21-16-10-17(20-12-19-16)22-7-6-18-13-22/h2-7,10,12-13H,8-9,11H2,1H3,(H,19,20,21). The topological polar surface area (TPSA) is 74.1 Å². The maximum atomic E-state index is 5.50. The summed E-state index contributed by atoms with van der Waals surface area (Å²) in [6, 6.07) is 9.89. The van der Waals surface area contributed by atoms with Crippen LogP contribution in [-0.4, -0.2) is 39.8 Å². The summed E-state index contributed by atoms with van der Waals surface area (Å²) in [5, 5.41) is 3.26. The van der Waals surface area contributed by atoms with Crippen molar-refractivity contribution in [1.82, 2.24) is 19.5 Å². The van der Waals surface area contributed by atoms with E-state index < -0.39 is 0 Å². The highest BCUT2D eigenvalue weighted by molar-refractivity contribution is 5.57. The van der Waals surface area contributed by atoms with Gasteiger partial charge >= 0.3 is 0 Å². The zero-order valence-electron chi connectivity index (χ0n) is 13.4. The van der Waals surface area contributed by atoms with E-state index in [0.717, 1.165) is 22.9 Å². The zero-order chi connectivity index (χ0) is 16.6. The molecule has 1 aromatic carbocycles. The van der Waals surface area contributed by atoms with Gasteiger partial charge in [0, 0.05) is 31.3 Å². The highest BCUT2D eigenvalue weighted by Crippen LogP contribution is 2.17. The Labute approximate surface area is 140 Å². The van der Waals surface area contributed by atoms with Crippen LogP contribution in [0.25, 0.3) is 5.82 Å². The Hall–Kier alpha value is -2.77. The third kappa shape index (κ3) is 4.37. The molecule has 0 spiro atoms. The predicted molar refractivity (Wildman–Crippen MR) is 90.4 cm³/mol. The number of anilines is 2. The summed E-state index contributed by atoms with van der Waals surface area (Å²) in [5.41, 5.74) is 2.06. The molecule has 0 saturated heterocycles. The number of hydrogen-bond donors (Lipinski definition) is 1. The Bertz CT molecular complexity index is 744. The molecule has 0 bridgehead atoms. The molecule has 24 heavy (non-hydrogen) atoms. The van der Waals surface area contributed by atoms with Crippen LogP contribution in [0.4, 0.5) is 11.5 Å². The fourth-order valence-electron chi connectivity index (χ4n) is 2.12. The maximum Gasteiger partial charge on any atom is 0.143 e. The van der Waals surface area contributed by atoms with E-state index in [1.54, 1.807) is 19.6 Å². The van der Waals surface area contributed by atoms with Crippen molar-refractivity contribution < 1.29 is 9.47 Å². The first-order chi connectivity index (χ1) is 11.8. The molecule has 0 radical (unpaired) electrons. The molecule has 0 saturated carbocycles. The lowest BCUT2D eigenvalue weighted by Gasteiger charge is -2.08. The summed E-state index contributed by atoms with van der Waals surface area (Å²) in [4.78, 5) is 12.5. The van der Waals surface area contributed by atoms with Gasteiger partial charge in [0.2, 0.25) is 0 Å². The molecule has 0 aliphatic rings. The first kappa shape index (κ1) is 16.1. The quantitative estimate of drug-likeness (QED) is 0.642. The summed E-state index contributed by atoms with van der Waals surface area (Å²) < 4.78 is 12.3. The molecule has 1 N–H and O–H groups in total. The highest BCUT2D eigenvalue weighted by Gasteiger charge is 2.02. The average molecular weight is 325 g/mol. The summed E-state index contributed by atoms with van der Waals surface area (Å²) in [7, 11) is 1.66. The van der Waals surface area contributed by atoms with Gasteiger partial charge < -0.3 is 14.8 Å². The largest absolute Gasteiger partial charge is 0.382 e. The highest BCUT2D eigenvalue weighted by atomic mass is 16.5.